The maximum Gasteiger partial charge on any atom is 0.488 e. The second kappa shape index (κ2) is 8.27. The minimum atomic E-state index is -3.54. The Morgan fingerprint density at radius 3 is 2.76 bits per heavy atom. The van der Waals surface area contributed by atoms with Crippen LogP contribution in [0.1, 0.15) is 13.2 Å². The third-order valence-corrected chi connectivity index (χ3v) is 5.80. The van der Waals surface area contributed by atoms with Crippen molar-refractivity contribution in [2.24, 2.45) is 0 Å². The summed E-state index contributed by atoms with van der Waals surface area (Å²) >= 11 is 0. The zero-order valence-corrected chi connectivity index (χ0v) is 16.9. The van der Waals surface area contributed by atoms with Crippen LogP contribution in [0.15, 0.2) is 6.33 Å². The summed E-state index contributed by atoms with van der Waals surface area (Å²) in [6.45, 7) is 4.45. The van der Waals surface area contributed by atoms with Crippen LogP contribution in [-0.4, -0.2) is 88.7 Å². The normalized spacial score (nSPS) is 32.0. The molecule has 4 heterocycles. The summed E-state index contributed by atoms with van der Waals surface area (Å²) in [5.41, 5.74) is 6.88. The number of nitrogens with zero attached hydrogens (tertiary/aromatic N) is 5. The minimum absolute atomic E-state index is 0.00326. The molecule has 2 saturated heterocycles. The highest BCUT2D eigenvalue weighted by molar-refractivity contribution is 7.85. The highest BCUT2D eigenvalue weighted by Gasteiger charge is 2.41. The van der Waals surface area contributed by atoms with Gasteiger partial charge >= 0.3 is 15.4 Å². The van der Waals surface area contributed by atoms with Crippen molar-refractivity contribution in [3.05, 3.63) is 6.33 Å². The van der Waals surface area contributed by atoms with Gasteiger partial charge in [0.2, 0.25) is 5.95 Å². The molecule has 0 bridgehead atoms. The Balaban J connectivity index is 1.80. The molecule has 1 unspecified atom stereocenters. The number of nitrogen functional groups attached to an aromatic ring is 1. The van der Waals surface area contributed by atoms with E-state index in [4.69, 9.17) is 27.1 Å². The largest absolute Gasteiger partial charge is 0.488 e. The molecule has 14 heteroatoms. The van der Waals surface area contributed by atoms with Gasteiger partial charge in [0.05, 0.1) is 6.10 Å². The van der Waals surface area contributed by atoms with Gasteiger partial charge in [-0.1, -0.05) is 0 Å². The van der Waals surface area contributed by atoms with E-state index in [1.165, 1.54) is 6.33 Å². The maximum absolute atomic E-state index is 10.9. The van der Waals surface area contributed by atoms with Gasteiger partial charge in [0.1, 0.15) is 25.6 Å². The van der Waals surface area contributed by atoms with Crippen LogP contribution in [0.5, 0.6) is 0 Å². The highest BCUT2D eigenvalue weighted by Crippen LogP contribution is 2.52. The van der Waals surface area contributed by atoms with Crippen molar-refractivity contribution in [3.8, 4) is 0 Å². The molecule has 2 fully saturated rings. The van der Waals surface area contributed by atoms with Crippen LogP contribution >= 0.6 is 7.82 Å². The Bertz CT molecular complexity index is 865. The fourth-order valence-corrected chi connectivity index (χ4v) is 4.22. The third-order valence-electron chi connectivity index (χ3n) is 4.77. The van der Waals surface area contributed by atoms with Crippen molar-refractivity contribution in [1.82, 2.24) is 24.8 Å². The molecule has 29 heavy (non-hydrogen) atoms. The molecular weight excluding hydrogens is 400 g/mol. The lowest BCUT2D eigenvalue weighted by atomic mass is 10.3. The van der Waals surface area contributed by atoms with Gasteiger partial charge in [0.15, 0.2) is 23.2 Å². The Morgan fingerprint density at radius 1 is 1.28 bits per heavy atom. The van der Waals surface area contributed by atoms with Crippen molar-refractivity contribution in [3.63, 3.8) is 0 Å². The predicted octanol–water partition coefficient (Wildman–Crippen LogP) is -1.03. The summed E-state index contributed by atoms with van der Waals surface area (Å²) in [4.78, 5) is 25.1. The van der Waals surface area contributed by atoms with Crippen LogP contribution in [0, 0.1) is 0 Å². The zero-order chi connectivity index (χ0) is 20.6. The molecular formula is C15H24BN7O5P+. The molecule has 0 saturated carbocycles. The van der Waals surface area contributed by atoms with E-state index >= 15 is 0 Å². The summed E-state index contributed by atoms with van der Waals surface area (Å²) in [5, 5.41) is 14.2. The average molecular weight is 424 g/mol. The molecule has 2 aromatic rings. The van der Waals surface area contributed by atoms with Crippen molar-refractivity contribution in [2.75, 3.05) is 50.0 Å². The molecule has 5 N–H and O–H groups in total. The monoisotopic (exact) mass is 424 g/mol. The van der Waals surface area contributed by atoms with E-state index in [2.05, 4.69) is 25.2 Å². The molecule has 2 aromatic heterocycles. The second-order valence-electron chi connectivity index (χ2n) is 7.01. The van der Waals surface area contributed by atoms with Crippen LogP contribution in [0.3, 0.4) is 0 Å². The lowest BCUT2D eigenvalue weighted by Crippen LogP contribution is -2.45. The number of anilines is 2. The molecule has 0 amide bonds. The van der Waals surface area contributed by atoms with E-state index in [1.54, 1.807) is 11.5 Å². The molecule has 0 spiro atoms. The highest BCUT2D eigenvalue weighted by atomic mass is 31.2. The van der Waals surface area contributed by atoms with Crippen LogP contribution < -0.4 is 16.0 Å². The number of piperazine rings is 1. The first-order valence-electron chi connectivity index (χ1n) is 9.33. The summed E-state index contributed by atoms with van der Waals surface area (Å²) < 4.78 is 18.2. The second-order valence-corrected chi connectivity index (χ2v) is 8.65. The van der Waals surface area contributed by atoms with Crippen LogP contribution in [0.4, 0.5) is 11.8 Å². The van der Waals surface area contributed by atoms with Gasteiger partial charge in [-0.25, -0.2) is 19.8 Å². The van der Waals surface area contributed by atoms with Gasteiger partial charge in [-0.2, -0.15) is 9.05 Å². The molecule has 0 aliphatic carbocycles. The number of aliphatic hydroxyl groups is 1. The van der Waals surface area contributed by atoms with Gasteiger partial charge in [0.25, 0.3) is 0 Å². The van der Waals surface area contributed by atoms with Crippen molar-refractivity contribution < 1.29 is 23.8 Å². The van der Waals surface area contributed by atoms with Crippen molar-refractivity contribution >= 4 is 38.3 Å². The quantitative estimate of drug-likeness (QED) is 0.346. The van der Waals surface area contributed by atoms with E-state index in [9.17, 15) is 10.00 Å². The lowest BCUT2D eigenvalue weighted by Gasteiger charge is -2.32. The Kier molecular flexibility index (Phi) is 5.89. The fraction of sp³-hybridized carbons (Fsp3) is 0.667. The molecule has 4 atom stereocenters. The number of aliphatic hydroxyl groups excluding tert-OH is 1. The molecule has 2 aliphatic rings. The zero-order valence-electron chi connectivity index (χ0n) is 16.0. The number of fused-ring (bicyclic) bond motifs is 1. The van der Waals surface area contributed by atoms with Crippen molar-refractivity contribution in [1.29, 1.82) is 0 Å². The number of rotatable bonds is 2. The molecule has 2 radical (unpaired) electrons. The fourth-order valence-electron chi connectivity index (χ4n) is 3.35. The summed E-state index contributed by atoms with van der Waals surface area (Å²) in [5.74, 6) is 0.792. The number of nitrogens with one attached hydrogen (secondary N) is 1. The maximum atomic E-state index is 10.9. The van der Waals surface area contributed by atoms with Gasteiger partial charge in [-0.15, -0.1) is 0 Å². The van der Waals surface area contributed by atoms with Crippen LogP contribution in [-0.2, 0) is 13.8 Å². The van der Waals surface area contributed by atoms with Gasteiger partial charge < -0.3 is 25.8 Å². The van der Waals surface area contributed by atoms with E-state index < -0.39 is 26.3 Å². The smallest absolute Gasteiger partial charge is 0.386 e. The van der Waals surface area contributed by atoms with Crippen LogP contribution in [0.2, 0.25) is 0 Å². The molecule has 4 rings (SSSR count). The predicted molar refractivity (Wildman–Crippen MR) is 107 cm³/mol. The topological polar surface area (TPSA) is 153 Å². The number of hydrogen-bond acceptors (Lipinski definition) is 11. The summed E-state index contributed by atoms with van der Waals surface area (Å²) in [6, 6.07) is 0. The van der Waals surface area contributed by atoms with Crippen LogP contribution in [0.25, 0.3) is 11.2 Å². The molecule has 12 nitrogen and oxygen atoms in total. The Morgan fingerprint density at radius 2 is 2.00 bits per heavy atom. The number of hydrogen-bond donors (Lipinski definition) is 4. The van der Waals surface area contributed by atoms with E-state index in [0.29, 0.717) is 30.2 Å². The number of aromatic nitrogens is 4. The molecule has 2 aliphatic heterocycles. The number of ether oxygens (including phenoxy) is 1. The van der Waals surface area contributed by atoms with Gasteiger partial charge in [0, 0.05) is 26.2 Å². The van der Waals surface area contributed by atoms with Gasteiger partial charge in [-0.3, -0.25) is 4.57 Å². The first-order valence-corrected chi connectivity index (χ1v) is 11.0. The first-order chi connectivity index (χ1) is 13.9. The minimum Gasteiger partial charge on any atom is -0.386 e. The molecule has 156 valence electrons. The number of imidazole rings is 1. The molecule has 0 aromatic carbocycles. The Hall–Kier alpha value is -1.60. The average Bonchev–Trinajstić information content (AvgIpc) is 3.11. The van der Waals surface area contributed by atoms with Gasteiger partial charge in [-0.05, 0) is 6.92 Å². The summed E-state index contributed by atoms with van der Waals surface area (Å²) in [6.07, 6.45) is -1.26. The van der Waals surface area contributed by atoms with E-state index in [-0.39, 0.29) is 19.0 Å². The SMILES string of the molecule is [B][P+]1(O)OC[C@H](C)O[C@@H](n2c(N3CCNCC3)nc3c(N)ncnc32)[C@@H](O)CO1. The number of nitrogens with two attached hydrogens (primary N) is 1. The first kappa shape index (κ1) is 20.7. The van der Waals surface area contributed by atoms with E-state index in [0.717, 1.165) is 13.1 Å². The lowest BCUT2D eigenvalue weighted by molar-refractivity contribution is -0.120. The standard InChI is InChI=1S/C15H24BN7O5P/c1-9-6-26-29(16,25)27-7-10(24)14(28-9)23-13-11(12(17)19-8-20-13)21-15(23)22-4-2-18-3-5-22/h8-10,14,18,24-25H,2-7H2,1H3,(H2,17,19,20)/q+1/t9-,10-,14+,29?/m0/s1. The van der Waals surface area contributed by atoms with Crippen molar-refractivity contribution in [2.45, 2.75) is 25.4 Å². The Labute approximate surface area is 169 Å². The third kappa shape index (κ3) is 4.31. The summed E-state index contributed by atoms with van der Waals surface area (Å²) in [7, 11) is 2.11. The van der Waals surface area contributed by atoms with E-state index in [1.807, 2.05) is 0 Å².